The number of fused-ring (bicyclic) bond motifs is 1. The van der Waals surface area contributed by atoms with Crippen molar-refractivity contribution in [2.45, 2.75) is 45.1 Å². The lowest BCUT2D eigenvalue weighted by molar-refractivity contribution is 0.0870. The molecule has 2 aliphatic heterocycles. The number of hydrogen-bond acceptors (Lipinski definition) is 3. The van der Waals surface area contributed by atoms with Gasteiger partial charge in [-0.1, -0.05) is 6.42 Å². The van der Waals surface area contributed by atoms with Crippen molar-refractivity contribution in [3.63, 3.8) is 0 Å². The number of piperidine rings is 2. The van der Waals surface area contributed by atoms with Gasteiger partial charge in [-0.3, -0.25) is 14.7 Å². The molecule has 0 aromatic heterocycles. The van der Waals surface area contributed by atoms with Crippen molar-refractivity contribution in [2.75, 3.05) is 13.1 Å². The molecule has 2 saturated heterocycles. The minimum Gasteiger partial charge on any atom is -0.300 e. The van der Waals surface area contributed by atoms with Crippen LogP contribution in [-0.2, 0) is 0 Å². The molecule has 2 heterocycles. The Kier molecular flexibility index (Phi) is 4.49. The molecule has 3 rings (SSSR count). The van der Waals surface area contributed by atoms with Gasteiger partial charge in [0.15, 0.2) is 5.78 Å². The summed E-state index contributed by atoms with van der Waals surface area (Å²) in [5.41, 5.74) is 1.71. The molecule has 3 nitrogen and oxygen atoms in total. The Morgan fingerprint density at radius 1 is 1.14 bits per heavy atom. The molecule has 0 aliphatic carbocycles. The molecule has 112 valence electrons. The van der Waals surface area contributed by atoms with Crippen molar-refractivity contribution >= 4 is 17.7 Å². The number of nitrogens with zero attached hydrogens (tertiary/aromatic N) is 2. The second-order valence-electron chi connectivity index (χ2n) is 6.29. The number of rotatable bonds is 3. The summed E-state index contributed by atoms with van der Waals surface area (Å²) in [5.74, 6) is 0.696. The number of Topliss-reactive ketones (excluding diaryl/α,β-unsaturated/α-hetero) is 1. The van der Waals surface area contributed by atoms with Gasteiger partial charge in [0, 0.05) is 23.7 Å². The number of hydrogen-bond donors (Lipinski definition) is 0. The first-order valence-electron chi connectivity index (χ1n) is 8.13. The Labute approximate surface area is 127 Å². The van der Waals surface area contributed by atoms with E-state index in [-0.39, 0.29) is 5.78 Å². The largest absolute Gasteiger partial charge is 0.300 e. The van der Waals surface area contributed by atoms with Crippen LogP contribution >= 0.6 is 0 Å². The highest BCUT2D eigenvalue weighted by atomic mass is 16.1. The predicted octanol–water partition coefficient (Wildman–Crippen LogP) is 3.86. The van der Waals surface area contributed by atoms with E-state index in [1.807, 2.05) is 24.3 Å². The number of ketones is 1. The molecule has 0 unspecified atom stereocenters. The summed E-state index contributed by atoms with van der Waals surface area (Å²) in [5, 5.41) is 0. The molecule has 2 aliphatic rings. The summed E-state index contributed by atoms with van der Waals surface area (Å²) in [6.07, 6.45) is 8.74. The highest BCUT2D eigenvalue weighted by Crippen LogP contribution is 2.30. The van der Waals surface area contributed by atoms with Crippen LogP contribution < -0.4 is 0 Å². The summed E-state index contributed by atoms with van der Waals surface area (Å²) < 4.78 is 0. The van der Waals surface area contributed by atoms with Crippen molar-refractivity contribution in [1.29, 1.82) is 0 Å². The Morgan fingerprint density at radius 3 is 2.67 bits per heavy atom. The third kappa shape index (κ3) is 3.41. The quantitative estimate of drug-likeness (QED) is 0.624. The molecule has 2 atom stereocenters. The van der Waals surface area contributed by atoms with Crippen molar-refractivity contribution in [3.05, 3.63) is 29.8 Å². The molecule has 1 aromatic rings. The van der Waals surface area contributed by atoms with Crippen LogP contribution in [0.4, 0.5) is 5.69 Å². The van der Waals surface area contributed by atoms with Crippen LogP contribution in [0, 0.1) is 5.92 Å². The molecule has 0 saturated carbocycles. The van der Waals surface area contributed by atoms with E-state index in [1.54, 1.807) is 6.92 Å². The Morgan fingerprint density at radius 2 is 1.90 bits per heavy atom. The maximum atomic E-state index is 11.3. The van der Waals surface area contributed by atoms with Crippen molar-refractivity contribution < 1.29 is 4.79 Å². The fourth-order valence-electron chi connectivity index (χ4n) is 3.64. The molecule has 0 N–H and O–H groups in total. The molecule has 1 aromatic carbocycles. The maximum absolute atomic E-state index is 11.3. The standard InChI is InChI=1S/C18H24N2O/c1-14(21)15-7-9-17(10-8-15)19-13-16-5-4-12-20-11-3-2-6-18(16)20/h7-10,13,16,18H,2-6,11-12H2,1H3/t16-,18-/m1/s1. The van der Waals surface area contributed by atoms with E-state index in [1.165, 1.54) is 45.2 Å². The van der Waals surface area contributed by atoms with Crippen molar-refractivity contribution in [3.8, 4) is 0 Å². The van der Waals surface area contributed by atoms with Crippen molar-refractivity contribution in [1.82, 2.24) is 4.90 Å². The summed E-state index contributed by atoms with van der Waals surface area (Å²) >= 11 is 0. The van der Waals surface area contributed by atoms with Gasteiger partial charge in [-0.2, -0.15) is 0 Å². The van der Waals surface area contributed by atoms with E-state index < -0.39 is 0 Å². The minimum atomic E-state index is 0.107. The molecular weight excluding hydrogens is 260 g/mol. The van der Waals surface area contributed by atoms with E-state index in [0.29, 0.717) is 12.0 Å². The zero-order valence-corrected chi connectivity index (χ0v) is 12.8. The smallest absolute Gasteiger partial charge is 0.159 e. The summed E-state index contributed by atoms with van der Waals surface area (Å²) in [4.78, 5) is 18.6. The number of carbonyl (C=O) groups excluding carboxylic acids is 1. The van der Waals surface area contributed by atoms with Crippen LogP contribution in [0.15, 0.2) is 29.3 Å². The topological polar surface area (TPSA) is 32.7 Å². The second-order valence-corrected chi connectivity index (χ2v) is 6.29. The Bertz CT molecular complexity index is 519. The van der Waals surface area contributed by atoms with E-state index >= 15 is 0 Å². The second kappa shape index (κ2) is 6.52. The zero-order valence-electron chi connectivity index (χ0n) is 12.8. The highest BCUT2D eigenvalue weighted by Gasteiger charge is 2.31. The first kappa shape index (κ1) is 14.5. The van der Waals surface area contributed by atoms with Gasteiger partial charge in [-0.05, 0) is 70.0 Å². The average molecular weight is 284 g/mol. The Hall–Kier alpha value is -1.48. The molecule has 0 amide bonds. The zero-order chi connectivity index (χ0) is 14.7. The third-order valence-electron chi connectivity index (χ3n) is 4.83. The fourth-order valence-corrected chi connectivity index (χ4v) is 3.64. The highest BCUT2D eigenvalue weighted by molar-refractivity contribution is 5.94. The average Bonchev–Trinajstić information content (AvgIpc) is 2.53. The van der Waals surface area contributed by atoms with Gasteiger partial charge in [0.05, 0.1) is 5.69 Å². The van der Waals surface area contributed by atoms with Crippen LogP contribution in [0.3, 0.4) is 0 Å². The van der Waals surface area contributed by atoms with Crippen molar-refractivity contribution in [2.24, 2.45) is 10.9 Å². The summed E-state index contributed by atoms with van der Waals surface area (Å²) in [6, 6.07) is 8.31. The molecule has 3 heteroatoms. The number of aliphatic imine (C=N–C) groups is 1. The van der Waals surface area contributed by atoms with Crippen LogP contribution in [0.1, 0.15) is 49.4 Å². The molecular formula is C18H24N2O. The normalized spacial score (nSPS) is 26.7. The van der Waals surface area contributed by atoms with Crippen LogP contribution in [0.5, 0.6) is 0 Å². The maximum Gasteiger partial charge on any atom is 0.159 e. The van der Waals surface area contributed by atoms with Gasteiger partial charge < -0.3 is 0 Å². The SMILES string of the molecule is CC(=O)c1ccc(N=C[C@H]2CCCN3CCCC[C@H]23)cc1. The van der Waals surface area contributed by atoms with E-state index in [9.17, 15) is 4.79 Å². The molecule has 0 spiro atoms. The Balaban J connectivity index is 1.68. The molecule has 2 fully saturated rings. The van der Waals surface area contributed by atoms with Gasteiger partial charge in [-0.15, -0.1) is 0 Å². The van der Waals surface area contributed by atoms with Gasteiger partial charge in [0.25, 0.3) is 0 Å². The first-order chi connectivity index (χ1) is 10.2. The predicted molar refractivity (Wildman–Crippen MR) is 86.5 cm³/mol. The monoisotopic (exact) mass is 284 g/mol. The minimum absolute atomic E-state index is 0.107. The molecule has 0 bridgehead atoms. The lowest BCUT2D eigenvalue weighted by Gasteiger charge is -2.43. The van der Waals surface area contributed by atoms with Crippen LogP contribution in [0.25, 0.3) is 0 Å². The lowest BCUT2D eigenvalue weighted by Crippen LogP contribution is -2.48. The first-order valence-corrected chi connectivity index (χ1v) is 8.13. The van der Waals surface area contributed by atoms with Gasteiger partial charge in [0.2, 0.25) is 0 Å². The molecule has 0 radical (unpaired) electrons. The van der Waals surface area contributed by atoms with Gasteiger partial charge in [0.1, 0.15) is 0 Å². The number of benzene rings is 1. The van der Waals surface area contributed by atoms with E-state index in [0.717, 1.165) is 11.3 Å². The fraction of sp³-hybridized carbons (Fsp3) is 0.556. The number of carbonyl (C=O) groups is 1. The van der Waals surface area contributed by atoms with E-state index in [2.05, 4.69) is 16.1 Å². The van der Waals surface area contributed by atoms with Crippen LogP contribution in [-0.4, -0.2) is 36.0 Å². The lowest BCUT2D eigenvalue weighted by atomic mass is 9.84. The third-order valence-corrected chi connectivity index (χ3v) is 4.83. The van der Waals surface area contributed by atoms with E-state index in [4.69, 9.17) is 0 Å². The summed E-state index contributed by atoms with van der Waals surface area (Å²) in [6.45, 7) is 4.13. The van der Waals surface area contributed by atoms with Gasteiger partial charge >= 0.3 is 0 Å². The van der Waals surface area contributed by atoms with Crippen LogP contribution in [0.2, 0.25) is 0 Å². The van der Waals surface area contributed by atoms with Gasteiger partial charge in [-0.25, -0.2) is 0 Å². The molecule has 21 heavy (non-hydrogen) atoms. The summed E-state index contributed by atoms with van der Waals surface area (Å²) in [7, 11) is 0.